The van der Waals surface area contributed by atoms with Gasteiger partial charge in [-0.2, -0.15) is 0 Å². The quantitative estimate of drug-likeness (QED) is 0.0390. The number of carbonyl (C=O) groups excluding carboxylic acids is 8. The van der Waals surface area contributed by atoms with Crippen LogP contribution in [0, 0.1) is 17.8 Å². The Bertz CT molecular complexity index is 2280. The lowest BCUT2D eigenvalue weighted by atomic mass is 9.96. The fourth-order valence-electron chi connectivity index (χ4n) is 7.35. The van der Waals surface area contributed by atoms with Crippen molar-refractivity contribution in [2.24, 2.45) is 23.5 Å². The van der Waals surface area contributed by atoms with Crippen LogP contribution in [0.2, 0.25) is 0 Å². The molecule has 0 unspecified atom stereocenters. The molecule has 0 aliphatic rings. The summed E-state index contributed by atoms with van der Waals surface area (Å²) < 4.78 is 0. The number of aliphatic hydroxyl groups is 1. The Morgan fingerprint density at radius 3 is 1.53 bits per heavy atom. The van der Waals surface area contributed by atoms with Crippen molar-refractivity contribution in [1.29, 1.82) is 0 Å². The summed E-state index contributed by atoms with van der Waals surface area (Å²) in [6, 6.07) is 2.23. The molecule has 15 N–H and O–H groups in total. The molecule has 0 spiro atoms. The molecule has 75 heavy (non-hydrogen) atoms. The molecule has 2 aromatic carbocycles. The summed E-state index contributed by atoms with van der Waals surface area (Å²) in [5.74, 6) is -13.5. The van der Waals surface area contributed by atoms with Crippen LogP contribution in [0.15, 0.2) is 54.6 Å². The maximum absolute atomic E-state index is 14.0. The van der Waals surface area contributed by atoms with Crippen LogP contribution >= 0.6 is 0 Å². The van der Waals surface area contributed by atoms with Gasteiger partial charge in [-0.05, 0) is 53.9 Å². The van der Waals surface area contributed by atoms with Crippen molar-refractivity contribution in [2.75, 3.05) is 13.2 Å². The smallest absolute Gasteiger partial charge is 0.326 e. The summed E-state index contributed by atoms with van der Waals surface area (Å²) in [6.07, 6.45) is -1.82. The van der Waals surface area contributed by atoms with Crippen molar-refractivity contribution in [2.45, 2.75) is 141 Å². The topological polar surface area (TPSA) is 411 Å². The Balaban J connectivity index is 2.31. The van der Waals surface area contributed by atoms with E-state index in [1.165, 1.54) is 24.3 Å². The van der Waals surface area contributed by atoms with E-state index < -0.39 is 158 Å². The van der Waals surface area contributed by atoms with E-state index in [0.29, 0.717) is 11.1 Å². The van der Waals surface area contributed by atoms with Crippen LogP contribution in [-0.4, -0.2) is 152 Å². The average molecular weight is 1060 g/mol. The molecule has 0 saturated carbocycles. The molecule has 25 heteroatoms. The Hall–Kier alpha value is -7.67. The lowest BCUT2D eigenvalue weighted by molar-refractivity contribution is -0.143. The highest BCUT2D eigenvalue weighted by atomic mass is 16.4. The second kappa shape index (κ2) is 31.8. The first-order valence-corrected chi connectivity index (χ1v) is 24.5. The number of benzene rings is 2. The summed E-state index contributed by atoms with van der Waals surface area (Å²) in [5, 5.41) is 67.5. The van der Waals surface area contributed by atoms with Gasteiger partial charge in [0.25, 0.3) is 0 Å². The van der Waals surface area contributed by atoms with E-state index in [2.05, 4.69) is 42.5 Å². The zero-order chi connectivity index (χ0) is 56.5. The number of rotatable bonds is 33. The molecular formula is C50H73N9O16. The molecule has 0 fully saturated rings. The van der Waals surface area contributed by atoms with Gasteiger partial charge in [-0.1, -0.05) is 96.8 Å². The number of phenolic OH excluding ortho intramolecular Hbond substituents is 1. The average Bonchev–Trinajstić information content (AvgIpc) is 3.36. The molecule has 0 heterocycles. The second-order valence-electron chi connectivity index (χ2n) is 18.7. The summed E-state index contributed by atoms with van der Waals surface area (Å²) >= 11 is 0. The first-order valence-electron chi connectivity index (χ1n) is 24.5. The van der Waals surface area contributed by atoms with Gasteiger partial charge in [-0.15, -0.1) is 0 Å². The number of hydrogen-bond donors (Lipinski definition) is 14. The molecule has 8 amide bonds. The van der Waals surface area contributed by atoms with E-state index in [1.54, 1.807) is 71.9 Å². The molecule has 0 aromatic heterocycles. The largest absolute Gasteiger partial charge is 0.508 e. The number of aliphatic carboxylic acids is 3. The Morgan fingerprint density at radius 1 is 0.533 bits per heavy atom. The maximum atomic E-state index is 14.0. The third-order valence-corrected chi connectivity index (χ3v) is 12.1. The number of nitrogens with one attached hydrogen (secondary N) is 8. The zero-order valence-corrected chi connectivity index (χ0v) is 42.9. The molecule has 0 aliphatic heterocycles. The van der Waals surface area contributed by atoms with Gasteiger partial charge >= 0.3 is 17.9 Å². The number of hydrogen-bond acceptors (Lipinski definition) is 14. The lowest BCUT2D eigenvalue weighted by Gasteiger charge is -2.29. The number of carboxylic acids is 3. The monoisotopic (exact) mass is 1060 g/mol. The van der Waals surface area contributed by atoms with Gasteiger partial charge in [0.05, 0.1) is 19.6 Å². The minimum absolute atomic E-state index is 0.0655. The summed E-state index contributed by atoms with van der Waals surface area (Å²) in [5.41, 5.74) is 6.67. The van der Waals surface area contributed by atoms with E-state index in [1.807, 2.05) is 0 Å². The van der Waals surface area contributed by atoms with Crippen LogP contribution < -0.4 is 48.3 Å². The standard InChI is InChI=1S/C50H73N9O16/c1-7-27(5)41(48(72)56-36(23-40(65)66)47(71)59-42(28(6)8-2)49(73)57-37(50(74)75)22-30-14-16-31(61)17-15-30)58-38(62)24-52-44(68)33(18-19-39(63)64)53-46(70)35(21-29-12-10-9-11-13-29)55-45(69)34(20-26(3)4)54-43(67)32(51)25-60/h9-17,26-28,32-37,41-42,60-61H,7-8,18-25,51H2,1-6H3,(H,52,68)(H,53,70)(H,54,67)(H,55,69)(H,56,72)(H,57,73)(H,58,62)(H,59,71)(H,63,64)(H,65,66)(H,74,75)/t27-,28-,32-,33-,34-,35-,36-,37-,41-,42-/m0/s1. The molecule has 0 saturated heterocycles. The molecule has 25 nitrogen and oxygen atoms in total. The number of aliphatic hydroxyl groups excluding tert-OH is 1. The van der Waals surface area contributed by atoms with Crippen molar-refractivity contribution in [1.82, 2.24) is 42.5 Å². The predicted molar refractivity (Wildman–Crippen MR) is 269 cm³/mol. The number of carbonyl (C=O) groups is 11. The zero-order valence-electron chi connectivity index (χ0n) is 42.9. The van der Waals surface area contributed by atoms with Gasteiger partial charge in [-0.3, -0.25) is 47.9 Å². The Morgan fingerprint density at radius 2 is 1.01 bits per heavy atom. The lowest BCUT2D eigenvalue weighted by Crippen LogP contribution is -2.60. The molecule has 0 radical (unpaired) electrons. The molecule has 2 rings (SSSR count). The highest BCUT2D eigenvalue weighted by Crippen LogP contribution is 2.15. The predicted octanol–water partition coefficient (Wildman–Crippen LogP) is -1.43. The highest BCUT2D eigenvalue weighted by molar-refractivity contribution is 5.98. The van der Waals surface area contributed by atoms with E-state index in [-0.39, 0.29) is 43.8 Å². The molecule has 2 aromatic rings. The van der Waals surface area contributed by atoms with Crippen LogP contribution in [0.4, 0.5) is 0 Å². The number of nitrogens with two attached hydrogens (primary N) is 1. The number of amides is 8. The molecule has 0 aliphatic carbocycles. The van der Waals surface area contributed by atoms with Crippen LogP contribution in [0.25, 0.3) is 0 Å². The normalized spacial score (nSPS) is 15.1. The molecule has 10 atom stereocenters. The van der Waals surface area contributed by atoms with E-state index in [9.17, 15) is 78.3 Å². The van der Waals surface area contributed by atoms with E-state index in [0.717, 1.165) is 0 Å². The first-order chi connectivity index (χ1) is 35.3. The third-order valence-electron chi connectivity index (χ3n) is 12.1. The van der Waals surface area contributed by atoms with Gasteiger partial charge in [-0.25, -0.2) is 4.79 Å². The second-order valence-corrected chi connectivity index (χ2v) is 18.7. The minimum Gasteiger partial charge on any atom is -0.508 e. The number of carboxylic acid groups (broad SMARTS) is 3. The molecular weight excluding hydrogens is 983 g/mol. The minimum atomic E-state index is -1.83. The van der Waals surface area contributed by atoms with Crippen molar-refractivity contribution >= 4 is 65.2 Å². The summed E-state index contributed by atoms with van der Waals surface area (Å²) in [7, 11) is 0. The van der Waals surface area contributed by atoms with Gasteiger partial charge < -0.3 is 73.8 Å². The maximum Gasteiger partial charge on any atom is 0.326 e. The van der Waals surface area contributed by atoms with E-state index in [4.69, 9.17) is 5.73 Å². The van der Waals surface area contributed by atoms with Crippen molar-refractivity contribution < 1.29 is 78.3 Å². The summed E-state index contributed by atoms with van der Waals surface area (Å²) in [6.45, 7) is 8.49. The molecule has 414 valence electrons. The van der Waals surface area contributed by atoms with Crippen LogP contribution in [-0.2, 0) is 65.6 Å². The first kappa shape index (κ1) is 63.4. The van der Waals surface area contributed by atoms with Crippen LogP contribution in [0.5, 0.6) is 5.75 Å². The SMILES string of the molecule is CC[C@H](C)[C@H](NC(=O)CNC(=O)[C@H](CCC(=O)O)NC(=O)[C@H](Cc1ccccc1)NC(=O)[C@H](CC(C)C)NC(=O)[C@@H](N)CO)C(=O)N[C@@H](CC(=O)O)C(=O)N[C@H](C(=O)N[C@@H](Cc1ccc(O)cc1)C(=O)O)[C@@H](C)CC. The Kier molecular flexibility index (Phi) is 26.9. The van der Waals surface area contributed by atoms with E-state index >= 15 is 0 Å². The number of phenols is 1. The fourth-order valence-corrected chi connectivity index (χ4v) is 7.35. The fraction of sp³-hybridized carbons (Fsp3) is 0.540. The summed E-state index contributed by atoms with van der Waals surface area (Å²) in [4.78, 5) is 144. The van der Waals surface area contributed by atoms with Gasteiger partial charge in [0.1, 0.15) is 54.1 Å². The van der Waals surface area contributed by atoms with Gasteiger partial charge in [0, 0.05) is 19.3 Å². The van der Waals surface area contributed by atoms with Crippen molar-refractivity contribution in [3.8, 4) is 5.75 Å². The number of aromatic hydroxyl groups is 1. The van der Waals surface area contributed by atoms with Crippen molar-refractivity contribution in [3.05, 3.63) is 65.7 Å². The van der Waals surface area contributed by atoms with Crippen molar-refractivity contribution in [3.63, 3.8) is 0 Å². The highest BCUT2D eigenvalue weighted by Gasteiger charge is 2.36. The molecule has 0 bridgehead atoms. The van der Waals surface area contributed by atoms with Crippen LogP contribution in [0.1, 0.15) is 91.2 Å². The van der Waals surface area contributed by atoms with Gasteiger partial charge in [0.15, 0.2) is 0 Å². The van der Waals surface area contributed by atoms with Gasteiger partial charge in [0.2, 0.25) is 47.3 Å². The van der Waals surface area contributed by atoms with Crippen LogP contribution in [0.3, 0.4) is 0 Å². The third kappa shape index (κ3) is 22.6. The Labute approximate surface area is 434 Å².